The Morgan fingerprint density at radius 1 is 1.11 bits per heavy atom. The molecule has 4 aromatic rings. The zero-order valence-electron chi connectivity index (χ0n) is 20.1. The van der Waals surface area contributed by atoms with Gasteiger partial charge in [0.15, 0.2) is 5.11 Å². The predicted octanol–water partition coefficient (Wildman–Crippen LogP) is 5.09. The lowest BCUT2D eigenvalue weighted by atomic mass is 10.0. The van der Waals surface area contributed by atoms with Crippen molar-refractivity contribution in [2.75, 3.05) is 11.9 Å². The van der Waals surface area contributed by atoms with Crippen LogP contribution in [0, 0.1) is 0 Å². The van der Waals surface area contributed by atoms with Gasteiger partial charge in [-0.3, -0.25) is 9.78 Å². The highest BCUT2D eigenvalue weighted by Gasteiger charge is 2.41. The zero-order valence-corrected chi connectivity index (χ0v) is 20.9. The fraction of sp³-hybridized carbons (Fsp3) is 0.250. The standard InChI is InChI=1S/C28H29N5O2S/c1-2-20-9-3-4-11-22(20)30-25(34)14-17-33-27(26(31-28(33)36)23-12-5-6-15-29-23)24-13-7-16-32(24)19-21-10-8-18-35-21/h3-13,15-16,18,26-27H,2,14,17,19H2,1H3,(H,30,34)(H,31,36)/t26-,27-/m1/s1. The maximum Gasteiger partial charge on any atom is 0.226 e. The lowest BCUT2D eigenvalue weighted by Crippen LogP contribution is -2.33. The molecule has 1 fully saturated rings. The summed E-state index contributed by atoms with van der Waals surface area (Å²) >= 11 is 5.78. The Labute approximate surface area is 216 Å². The van der Waals surface area contributed by atoms with Crippen molar-refractivity contribution in [1.82, 2.24) is 19.8 Å². The lowest BCUT2D eigenvalue weighted by molar-refractivity contribution is -0.116. The van der Waals surface area contributed by atoms with Gasteiger partial charge in [-0.15, -0.1) is 0 Å². The summed E-state index contributed by atoms with van der Waals surface area (Å²) in [4.78, 5) is 19.7. The van der Waals surface area contributed by atoms with Gasteiger partial charge in [-0.25, -0.2) is 0 Å². The topological polar surface area (TPSA) is 75.3 Å². The van der Waals surface area contributed by atoms with Crippen molar-refractivity contribution in [3.05, 3.63) is 108 Å². The molecule has 5 rings (SSSR count). The molecule has 0 bridgehead atoms. The number of thiocarbonyl (C=S) groups is 1. The van der Waals surface area contributed by atoms with E-state index in [-0.39, 0.29) is 18.0 Å². The van der Waals surface area contributed by atoms with Crippen molar-refractivity contribution in [2.45, 2.75) is 38.4 Å². The highest BCUT2D eigenvalue weighted by molar-refractivity contribution is 7.80. The van der Waals surface area contributed by atoms with E-state index in [9.17, 15) is 4.79 Å². The summed E-state index contributed by atoms with van der Waals surface area (Å²) in [7, 11) is 0. The first-order valence-corrected chi connectivity index (χ1v) is 12.6. The number of carbonyl (C=O) groups excluding carboxylic acids is 1. The molecule has 0 aliphatic carbocycles. The number of anilines is 1. The van der Waals surface area contributed by atoms with Crippen molar-refractivity contribution in [3.63, 3.8) is 0 Å². The Balaban J connectivity index is 1.39. The first kappa shape index (κ1) is 23.8. The van der Waals surface area contributed by atoms with Gasteiger partial charge >= 0.3 is 0 Å². The predicted molar refractivity (Wildman–Crippen MR) is 143 cm³/mol. The Bertz CT molecular complexity index is 1320. The molecular weight excluding hydrogens is 470 g/mol. The monoisotopic (exact) mass is 499 g/mol. The summed E-state index contributed by atoms with van der Waals surface area (Å²) in [5.74, 6) is 0.834. The van der Waals surface area contributed by atoms with Gasteiger partial charge in [0, 0.05) is 36.7 Å². The third-order valence-corrected chi connectivity index (χ3v) is 6.88. The number of hydrogen-bond donors (Lipinski definition) is 2. The van der Waals surface area contributed by atoms with Crippen LogP contribution in [0.2, 0.25) is 0 Å². The number of furan rings is 1. The molecule has 0 radical (unpaired) electrons. The van der Waals surface area contributed by atoms with Crippen molar-refractivity contribution in [2.24, 2.45) is 0 Å². The molecule has 1 aliphatic rings. The maximum absolute atomic E-state index is 12.9. The second-order valence-corrected chi connectivity index (χ2v) is 9.16. The second kappa shape index (κ2) is 10.8. The Hall–Kier alpha value is -3.91. The molecular formula is C28H29N5O2S. The van der Waals surface area contributed by atoms with Gasteiger partial charge < -0.3 is 24.5 Å². The summed E-state index contributed by atoms with van der Waals surface area (Å²) in [6.45, 7) is 3.17. The van der Waals surface area contributed by atoms with Crippen LogP contribution >= 0.6 is 12.2 Å². The van der Waals surface area contributed by atoms with Crippen LogP contribution < -0.4 is 10.6 Å². The number of carbonyl (C=O) groups is 1. The lowest BCUT2D eigenvalue weighted by Gasteiger charge is -2.28. The smallest absolute Gasteiger partial charge is 0.226 e. The van der Waals surface area contributed by atoms with E-state index in [1.165, 1.54) is 0 Å². The van der Waals surface area contributed by atoms with E-state index in [0.29, 0.717) is 24.6 Å². The quantitative estimate of drug-likeness (QED) is 0.313. The van der Waals surface area contributed by atoms with E-state index >= 15 is 0 Å². The van der Waals surface area contributed by atoms with Crippen LogP contribution in [0.25, 0.3) is 0 Å². The van der Waals surface area contributed by atoms with Crippen LogP contribution in [0.3, 0.4) is 0 Å². The number of hydrogen-bond acceptors (Lipinski definition) is 4. The molecule has 0 unspecified atom stereocenters. The van der Waals surface area contributed by atoms with Crippen LogP contribution in [0.4, 0.5) is 5.69 Å². The van der Waals surface area contributed by atoms with Gasteiger partial charge in [0.05, 0.1) is 30.6 Å². The van der Waals surface area contributed by atoms with Gasteiger partial charge in [0.1, 0.15) is 5.76 Å². The first-order valence-electron chi connectivity index (χ1n) is 12.2. The van der Waals surface area contributed by atoms with Crippen LogP contribution in [-0.2, 0) is 17.8 Å². The minimum Gasteiger partial charge on any atom is -0.467 e. The Morgan fingerprint density at radius 2 is 1.97 bits per heavy atom. The number of para-hydroxylation sites is 1. The van der Waals surface area contributed by atoms with Crippen molar-refractivity contribution < 1.29 is 9.21 Å². The van der Waals surface area contributed by atoms with Gasteiger partial charge in [0.2, 0.25) is 5.91 Å². The molecule has 2 N–H and O–H groups in total. The first-order chi connectivity index (χ1) is 17.6. The summed E-state index contributed by atoms with van der Waals surface area (Å²) in [5, 5.41) is 7.15. The van der Waals surface area contributed by atoms with Gasteiger partial charge in [0.25, 0.3) is 0 Å². The summed E-state index contributed by atoms with van der Waals surface area (Å²) < 4.78 is 7.76. The van der Waals surface area contributed by atoms with Crippen LogP contribution in [0.5, 0.6) is 0 Å². The van der Waals surface area contributed by atoms with Crippen LogP contribution in [0.15, 0.2) is 89.8 Å². The highest BCUT2D eigenvalue weighted by Crippen LogP contribution is 2.39. The van der Waals surface area contributed by atoms with E-state index in [4.69, 9.17) is 16.6 Å². The molecule has 0 spiro atoms. The van der Waals surface area contributed by atoms with Crippen molar-refractivity contribution in [3.8, 4) is 0 Å². The molecule has 0 saturated carbocycles. The number of nitrogens with zero attached hydrogens (tertiary/aromatic N) is 3. The summed E-state index contributed by atoms with van der Waals surface area (Å²) in [5.41, 5.74) is 3.96. The van der Waals surface area contributed by atoms with Gasteiger partial charge in [-0.1, -0.05) is 31.2 Å². The molecule has 3 aromatic heterocycles. The molecule has 8 heteroatoms. The third kappa shape index (κ3) is 5.04. The minimum absolute atomic E-state index is 0.0373. The number of nitrogens with one attached hydrogen (secondary N) is 2. The number of amides is 1. The van der Waals surface area contributed by atoms with Crippen molar-refractivity contribution in [1.29, 1.82) is 0 Å². The van der Waals surface area contributed by atoms with Gasteiger partial charge in [-0.05, 0) is 66.7 Å². The maximum atomic E-state index is 12.9. The Kier molecular flexibility index (Phi) is 7.13. The minimum atomic E-state index is -0.146. The molecule has 1 aliphatic heterocycles. The van der Waals surface area contributed by atoms with Gasteiger partial charge in [-0.2, -0.15) is 0 Å². The number of pyridine rings is 1. The second-order valence-electron chi connectivity index (χ2n) is 8.77. The van der Waals surface area contributed by atoms with E-state index < -0.39 is 0 Å². The fourth-order valence-corrected chi connectivity index (χ4v) is 5.10. The molecule has 1 amide bonds. The molecule has 184 valence electrons. The number of rotatable bonds is 9. The number of aromatic nitrogens is 2. The average molecular weight is 500 g/mol. The Morgan fingerprint density at radius 3 is 2.75 bits per heavy atom. The van der Waals surface area contributed by atoms with E-state index in [1.54, 1.807) is 12.5 Å². The van der Waals surface area contributed by atoms with E-state index in [1.807, 2.05) is 66.9 Å². The summed E-state index contributed by atoms with van der Waals surface area (Å²) in [6.07, 6.45) is 6.69. The SMILES string of the molecule is CCc1ccccc1NC(=O)CCN1C(=S)N[C@H](c2ccccn2)[C@H]1c1cccn1Cc1ccco1. The van der Waals surface area contributed by atoms with Crippen LogP contribution in [0.1, 0.15) is 48.1 Å². The largest absolute Gasteiger partial charge is 0.467 e. The molecule has 2 atom stereocenters. The normalized spacial score (nSPS) is 17.2. The van der Waals surface area contributed by atoms with E-state index in [0.717, 1.165) is 34.8 Å². The number of aryl methyl sites for hydroxylation is 1. The average Bonchev–Trinajstić information content (AvgIpc) is 3.65. The third-order valence-electron chi connectivity index (χ3n) is 6.52. The molecule has 7 nitrogen and oxygen atoms in total. The fourth-order valence-electron chi connectivity index (χ4n) is 4.76. The summed E-state index contributed by atoms with van der Waals surface area (Å²) in [6, 6.07) is 21.5. The molecule has 1 aromatic carbocycles. The van der Waals surface area contributed by atoms with Crippen molar-refractivity contribution >= 4 is 28.9 Å². The van der Waals surface area contributed by atoms with E-state index in [2.05, 4.69) is 38.1 Å². The molecule has 4 heterocycles. The van der Waals surface area contributed by atoms with Crippen LogP contribution in [-0.4, -0.2) is 32.0 Å². The molecule has 1 saturated heterocycles. The zero-order chi connectivity index (χ0) is 24.9. The number of benzene rings is 1. The molecule has 36 heavy (non-hydrogen) atoms. The highest BCUT2D eigenvalue weighted by atomic mass is 32.1.